The van der Waals surface area contributed by atoms with Gasteiger partial charge in [-0.3, -0.25) is 4.55 Å². The van der Waals surface area contributed by atoms with E-state index in [9.17, 15) is 13.0 Å². The van der Waals surface area contributed by atoms with E-state index >= 15 is 0 Å². The Morgan fingerprint density at radius 2 is 2.12 bits per heavy atom. The third kappa shape index (κ3) is 5.93. The molecule has 0 aromatic rings. The fraction of sp³-hybridized carbons (Fsp3) is 0. The van der Waals surface area contributed by atoms with Crippen LogP contribution in [-0.2, 0) is 19.5 Å². The smallest absolute Gasteiger partial charge is 0.272 e. The lowest BCUT2D eigenvalue weighted by Crippen LogP contribution is -2.18. The molecule has 1 unspecified atom stereocenters. The van der Waals surface area contributed by atoms with E-state index < -0.39 is 19.0 Å². The fourth-order valence-electron chi connectivity index (χ4n) is 0.0697. The first-order chi connectivity index (χ1) is 3.56. The van der Waals surface area contributed by atoms with E-state index in [1.807, 2.05) is 0 Å². The third-order valence-corrected chi connectivity index (χ3v) is 0.816. The summed E-state index contributed by atoms with van der Waals surface area (Å²) in [5.41, 5.74) is 0. The van der Waals surface area contributed by atoms with Crippen molar-refractivity contribution in [3.63, 3.8) is 0 Å². The fourth-order valence-corrected chi connectivity index (χ4v) is 0.627. The van der Waals surface area contributed by atoms with Gasteiger partial charge in [-0.25, -0.2) is 0 Å². The molecule has 0 bridgehead atoms. The largest absolute Gasteiger partial charge is 0.513 e. The van der Waals surface area contributed by atoms with Crippen LogP contribution in [0.4, 0.5) is 0 Å². The van der Waals surface area contributed by atoms with E-state index in [1.165, 1.54) is 0 Å². The van der Waals surface area contributed by atoms with Crippen molar-refractivity contribution >= 4 is 19.0 Å². The standard InChI is InChI=1S/H2NO5PS/c2-7-6-1-8(3,4)5/h1,7H/p+1. The zero-order chi connectivity index (χ0) is 6.62. The highest BCUT2D eigenvalue weighted by Crippen LogP contribution is 1.88. The van der Waals surface area contributed by atoms with Gasteiger partial charge in [0.25, 0.3) is 0 Å². The third-order valence-electron chi connectivity index (χ3n) is 0.189. The van der Waals surface area contributed by atoms with Gasteiger partial charge >= 0.3 is 19.0 Å². The van der Waals surface area contributed by atoms with Crippen LogP contribution < -0.4 is 4.89 Å². The maximum absolute atomic E-state index is 9.58. The molecule has 0 saturated carbocycles. The predicted molar refractivity (Wildman–Crippen MR) is 24.8 cm³/mol. The van der Waals surface area contributed by atoms with Gasteiger partial charge in [0, 0.05) is 0 Å². The van der Waals surface area contributed by atoms with Crippen LogP contribution >= 0.6 is 8.69 Å². The van der Waals surface area contributed by atoms with Crippen LogP contribution in [0.5, 0.6) is 0 Å². The first-order valence-corrected chi connectivity index (χ1v) is 3.59. The highest BCUT2D eigenvalue weighted by atomic mass is 32.2. The molecule has 0 amide bonds. The summed E-state index contributed by atoms with van der Waals surface area (Å²) in [4.78, 5) is 1.10. The molecule has 2 N–H and O–H groups in total. The summed E-state index contributed by atoms with van der Waals surface area (Å²) in [7, 11) is -5.62. The van der Waals surface area contributed by atoms with Gasteiger partial charge in [0.15, 0.2) is 0 Å². The minimum absolute atomic E-state index is 1.10. The number of hydrogen-bond donors (Lipinski definition) is 2. The molecule has 0 aliphatic heterocycles. The van der Waals surface area contributed by atoms with E-state index in [0.29, 0.717) is 0 Å². The molecule has 6 nitrogen and oxygen atoms in total. The normalized spacial score (nSPS) is 12.1. The van der Waals surface area contributed by atoms with E-state index in [4.69, 9.17) is 4.55 Å². The second-order valence-corrected chi connectivity index (χ2v) is 2.23. The Kier molecular flexibility index (Phi) is 3.03. The quantitative estimate of drug-likeness (QED) is 0.322. The lowest BCUT2D eigenvalue weighted by Gasteiger charge is -1.83. The number of rotatable bonds is 3. The molecule has 48 valence electrons. The van der Waals surface area contributed by atoms with Crippen molar-refractivity contribution in [3.8, 4) is 0 Å². The highest BCUT2D eigenvalue weighted by Gasteiger charge is 2.04. The van der Waals surface area contributed by atoms with Crippen LogP contribution in [0.2, 0.25) is 0 Å². The molecule has 0 aliphatic rings. The molecule has 8 heavy (non-hydrogen) atoms. The van der Waals surface area contributed by atoms with Crippen LogP contribution in [0, 0.1) is 0 Å². The SMILES string of the molecule is O=[PH+]ONS(=O)(=O)O. The molecule has 1 atom stereocenters. The van der Waals surface area contributed by atoms with Crippen LogP contribution in [0.25, 0.3) is 0 Å². The monoisotopic (exact) mass is 160 g/mol. The molecule has 8 heteroatoms. The summed E-state index contributed by atoms with van der Waals surface area (Å²) in [6, 6.07) is 0. The van der Waals surface area contributed by atoms with Gasteiger partial charge in [0.05, 0.1) is 0 Å². The average molecular weight is 160 g/mol. The Bertz CT molecular complexity index is 157. The molecule has 0 aromatic carbocycles. The van der Waals surface area contributed by atoms with Crippen molar-refractivity contribution in [3.05, 3.63) is 0 Å². The first kappa shape index (κ1) is 7.93. The van der Waals surface area contributed by atoms with Crippen molar-refractivity contribution in [2.45, 2.75) is 0 Å². The molecular formula is H3NO5PS+. The summed E-state index contributed by atoms with van der Waals surface area (Å²) in [6.07, 6.45) is 0. The van der Waals surface area contributed by atoms with E-state index in [0.717, 1.165) is 4.89 Å². The van der Waals surface area contributed by atoms with E-state index in [2.05, 4.69) is 4.62 Å². The minimum Gasteiger partial charge on any atom is -0.272 e. The maximum Gasteiger partial charge on any atom is 0.513 e. The van der Waals surface area contributed by atoms with Gasteiger partial charge in [-0.15, -0.1) is 0 Å². The molecule has 0 aromatic heterocycles. The second kappa shape index (κ2) is 3.06. The van der Waals surface area contributed by atoms with Crippen LogP contribution in [0.3, 0.4) is 0 Å². The van der Waals surface area contributed by atoms with E-state index in [1.54, 1.807) is 0 Å². The van der Waals surface area contributed by atoms with E-state index in [-0.39, 0.29) is 0 Å². The van der Waals surface area contributed by atoms with Crippen molar-refractivity contribution < 1.29 is 22.2 Å². The second-order valence-electron chi connectivity index (χ2n) is 0.744. The Morgan fingerprint density at radius 3 is 2.25 bits per heavy atom. The lowest BCUT2D eigenvalue weighted by molar-refractivity contribution is 0.274. The van der Waals surface area contributed by atoms with Crippen molar-refractivity contribution in [2.75, 3.05) is 0 Å². The van der Waals surface area contributed by atoms with Gasteiger partial charge in [-0.05, 0) is 14.1 Å². The maximum atomic E-state index is 9.58. The Balaban J connectivity index is 3.57. The zero-order valence-corrected chi connectivity index (χ0v) is 5.30. The molecule has 0 spiro atoms. The minimum atomic E-state index is -4.35. The molecular weight excluding hydrogens is 157 g/mol. The number of nitrogens with one attached hydrogen (secondary N) is 1. The zero-order valence-electron chi connectivity index (χ0n) is 3.49. The van der Waals surface area contributed by atoms with Crippen LogP contribution in [0.15, 0.2) is 0 Å². The Morgan fingerprint density at radius 1 is 1.62 bits per heavy atom. The summed E-state index contributed by atoms with van der Waals surface area (Å²) in [5.74, 6) is 0. The molecule has 0 saturated heterocycles. The van der Waals surface area contributed by atoms with Gasteiger partial charge in [0.2, 0.25) is 0 Å². The Labute approximate surface area is 47.0 Å². The molecule has 0 aliphatic carbocycles. The predicted octanol–water partition coefficient (Wildman–Crippen LogP) is -0.751. The van der Waals surface area contributed by atoms with Gasteiger partial charge in [-0.2, -0.15) is 8.42 Å². The van der Waals surface area contributed by atoms with Crippen LogP contribution in [0.1, 0.15) is 0 Å². The molecule has 0 rings (SSSR count). The lowest BCUT2D eigenvalue weighted by atomic mass is 13.5. The summed E-state index contributed by atoms with van der Waals surface area (Å²) >= 11 is 0. The summed E-state index contributed by atoms with van der Waals surface area (Å²) in [5, 5.41) is 0. The average Bonchev–Trinajstić information content (AvgIpc) is 1.59. The molecule has 0 heterocycles. The number of hydrogen-bond acceptors (Lipinski definition) is 4. The van der Waals surface area contributed by atoms with Crippen LogP contribution in [-0.4, -0.2) is 13.0 Å². The van der Waals surface area contributed by atoms with Crippen molar-refractivity contribution in [1.29, 1.82) is 0 Å². The first-order valence-electron chi connectivity index (χ1n) is 1.33. The summed E-state index contributed by atoms with van der Waals surface area (Å²) in [6.45, 7) is 0. The van der Waals surface area contributed by atoms with Gasteiger partial charge in [-0.1, -0.05) is 0 Å². The van der Waals surface area contributed by atoms with Gasteiger partial charge in [0.1, 0.15) is 0 Å². The highest BCUT2D eigenvalue weighted by molar-refractivity contribution is 7.83. The van der Waals surface area contributed by atoms with Crippen molar-refractivity contribution in [2.24, 2.45) is 0 Å². The van der Waals surface area contributed by atoms with Crippen molar-refractivity contribution in [1.82, 2.24) is 4.89 Å². The Hall–Kier alpha value is -0.0700. The molecule has 0 radical (unpaired) electrons. The van der Waals surface area contributed by atoms with Gasteiger partial charge < -0.3 is 0 Å². The summed E-state index contributed by atoms with van der Waals surface area (Å²) < 4.78 is 39.8. The topological polar surface area (TPSA) is 92.7 Å². The molecule has 0 fully saturated rings.